The van der Waals surface area contributed by atoms with Gasteiger partial charge < -0.3 is 14.2 Å². The first-order chi connectivity index (χ1) is 15.0. The zero-order valence-corrected chi connectivity index (χ0v) is 19.0. The Bertz CT molecular complexity index is 1040. The van der Waals surface area contributed by atoms with Crippen LogP contribution >= 0.6 is 27.5 Å². The Morgan fingerprint density at radius 1 is 1.03 bits per heavy atom. The van der Waals surface area contributed by atoms with Crippen molar-refractivity contribution in [3.8, 4) is 17.2 Å². The molecule has 0 saturated heterocycles. The van der Waals surface area contributed by atoms with Crippen molar-refractivity contribution in [1.82, 2.24) is 5.43 Å². The maximum atomic E-state index is 11.9. The molecule has 0 unspecified atom stereocenters. The SMILES string of the molecule is COc1cc(/C=N\NC(=O)COc2ccc(Cl)cc2)ccc1OCc1ccc(Br)cc1. The van der Waals surface area contributed by atoms with Crippen LogP contribution in [0.4, 0.5) is 0 Å². The molecule has 31 heavy (non-hydrogen) atoms. The molecule has 0 aliphatic heterocycles. The van der Waals surface area contributed by atoms with Gasteiger partial charge in [0, 0.05) is 9.50 Å². The second kappa shape index (κ2) is 11.4. The number of hydrogen-bond donors (Lipinski definition) is 1. The molecule has 0 bridgehead atoms. The molecular formula is C23H20BrClN2O4. The first-order valence-electron chi connectivity index (χ1n) is 9.29. The Kier molecular flexibility index (Phi) is 8.32. The molecule has 3 rings (SSSR count). The molecule has 8 heteroatoms. The highest BCUT2D eigenvalue weighted by molar-refractivity contribution is 9.10. The van der Waals surface area contributed by atoms with Crippen molar-refractivity contribution in [2.45, 2.75) is 6.61 Å². The average molecular weight is 504 g/mol. The summed E-state index contributed by atoms with van der Waals surface area (Å²) in [5.41, 5.74) is 4.20. The molecule has 0 saturated carbocycles. The topological polar surface area (TPSA) is 69.2 Å². The zero-order chi connectivity index (χ0) is 22.1. The van der Waals surface area contributed by atoms with Gasteiger partial charge >= 0.3 is 0 Å². The lowest BCUT2D eigenvalue weighted by Crippen LogP contribution is -2.24. The van der Waals surface area contributed by atoms with E-state index in [0.29, 0.717) is 28.9 Å². The van der Waals surface area contributed by atoms with Crippen LogP contribution in [0.2, 0.25) is 5.02 Å². The second-order valence-corrected chi connectivity index (χ2v) is 7.71. The van der Waals surface area contributed by atoms with Crippen LogP contribution in [0.25, 0.3) is 0 Å². The Morgan fingerprint density at radius 2 is 1.77 bits per heavy atom. The van der Waals surface area contributed by atoms with Crippen molar-refractivity contribution < 1.29 is 19.0 Å². The van der Waals surface area contributed by atoms with Gasteiger partial charge in [0.05, 0.1) is 13.3 Å². The molecule has 0 aromatic heterocycles. The van der Waals surface area contributed by atoms with E-state index in [-0.39, 0.29) is 12.5 Å². The highest BCUT2D eigenvalue weighted by Gasteiger charge is 2.06. The van der Waals surface area contributed by atoms with Crippen molar-refractivity contribution in [2.75, 3.05) is 13.7 Å². The van der Waals surface area contributed by atoms with Gasteiger partial charge in [-0.2, -0.15) is 5.10 Å². The van der Waals surface area contributed by atoms with Gasteiger partial charge in [0.1, 0.15) is 12.4 Å². The van der Waals surface area contributed by atoms with Crippen LogP contribution in [-0.2, 0) is 11.4 Å². The third kappa shape index (κ3) is 7.31. The lowest BCUT2D eigenvalue weighted by molar-refractivity contribution is -0.123. The van der Waals surface area contributed by atoms with Crippen LogP contribution in [0.5, 0.6) is 17.2 Å². The van der Waals surface area contributed by atoms with Gasteiger partial charge in [-0.15, -0.1) is 0 Å². The van der Waals surface area contributed by atoms with Crippen molar-refractivity contribution >= 4 is 39.7 Å². The van der Waals surface area contributed by atoms with Crippen molar-refractivity contribution in [3.05, 3.63) is 87.4 Å². The van der Waals surface area contributed by atoms with E-state index in [0.717, 1.165) is 15.6 Å². The summed E-state index contributed by atoms with van der Waals surface area (Å²) in [6, 6.07) is 20.0. The van der Waals surface area contributed by atoms with E-state index in [2.05, 4.69) is 26.5 Å². The molecule has 0 atom stereocenters. The molecule has 0 spiro atoms. The minimum absolute atomic E-state index is 0.162. The van der Waals surface area contributed by atoms with Gasteiger partial charge in [-0.1, -0.05) is 39.7 Å². The fourth-order valence-corrected chi connectivity index (χ4v) is 2.91. The van der Waals surface area contributed by atoms with Crippen LogP contribution in [0.3, 0.4) is 0 Å². The van der Waals surface area contributed by atoms with Crippen molar-refractivity contribution in [1.29, 1.82) is 0 Å². The van der Waals surface area contributed by atoms with Gasteiger partial charge in [0.2, 0.25) is 0 Å². The molecule has 0 radical (unpaired) electrons. The number of hydrogen-bond acceptors (Lipinski definition) is 5. The van der Waals surface area contributed by atoms with E-state index >= 15 is 0 Å². The second-order valence-electron chi connectivity index (χ2n) is 6.36. The molecule has 160 valence electrons. The molecule has 0 aliphatic carbocycles. The number of carbonyl (C=O) groups is 1. The predicted octanol–water partition coefficient (Wildman–Crippen LogP) is 5.22. The first kappa shape index (κ1) is 22.7. The van der Waals surface area contributed by atoms with E-state index in [1.165, 1.54) is 6.21 Å². The van der Waals surface area contributed by atoms with Gasteiger partial charge in [-0.3, -0.25) is 4.79 Å². The number of amides is 1. The van der Waals surface area contributed by atoms with Crippen LogP contribution in [0, 0.1) is 0 Å². The number of hydrazone groups is 1. The largest absolute Gasteiger partial charge is 0.493 e. The van der Waals surface area contributed by atoms with Crippen LogP contribution in [0.15, 0.2) is 76.3 Å². The molecular weight excluding hydrogens is 484 g/mol. The summed E-state index contributed by atoms with van der Waals surface area (Å²) >= 11 is 9.22. The lowest BCUT2D eigenvalue weighted by Gasteiger charge is -2.11. The van der Waals surface area contributed by atoms with Crippen LogP contribution < -0.4 is 19.6 Å². The molecule has 3 aromatic rings. The van der Waals surface area contributed by atoms with Crippen LogP contribution in [0.1, 0.15) is 11.1 Å². The Labute approximate surface area is 193 Å². The fraction of sp³-hybridized carbons (Fsp3) is 0.130. The number of nitrogens with zero attached hydrogens (tertiary/aromatic N) is 1. The van der Waals surface area contributed by atoms with E-state index < -0.39 is 0 Å². The average Bonchev–Trinajstić information content (AvgIpc) is 2.78. The highest BCUT2D eigenvalue weighted by atomic mass is 79.9. The Balaban J connectivity index is 1.51. The number of ether oxygens (including phenoxy) is 3. The number of benzene rings is 3. The van der Waals surface area contributed by atoms with Gasteiger partial charge in [-0.25, -0.2) is 5.43 Å². The summed E-state index contributed by atoms with van der Waals surface area (Å²) < 4.78 is 17.6. The lowest BCUT2D eigenvalue weighted by atomic mass is 10.2. The first-order valence-corrected chi connectivity index (χ1v) is 10.5. The number of rotatable bonds is 9. The molecule has 0 aliphatic rings. The Morgan fingerprint density at radius 3 is 2.48 bits per heavy atom. The van der Waals surface area contributed by atoms with Crippen LogP contribution in [-0.4, -0.2) is 25.8 Å². The smallest absolute Gasteiger partial charge is 0.277 e. The predicted molar refractivity (Wildman–Crippen MR) is 124 cm³/mol. The van der Waals surface area contributed by atoms with E-state index in [1.54, 1.807) is 43.5 Å². The minimum Gasteiger partial charge on any atom is -0.493 e. The van der Waals surface area contributed by atoms with E-state index in [9.17, 15) is 4.79 Å². The fourth-order valence-electron chi connectivity index (χ4n) is 2.52. The Hall–Kier alpha value is -3.03. The molecule has 6 nitrogen and oxygen atoms in total. The number of methoxy groups -OCH3 is 1. The molecule has 0 heterocycles. The van der Waals surface area contributed by atoms with E-state index in [1.807, 2.05) is 30.3 Å². The monoisotopic (exact) mass is 502 g/mol. The summed E-state index contributed by atoms with van der Waals surface area (Å²) in [5, 5.41) is 4.55. The standard InChI is InChI=1S/C23H20BrClN2O4/c1-29-22-12-17(4-11-21(22)31-14-16-2-5-18(24)6-3-16)13-26-27-23(28)15-30-20-9-7-19(25)8-10-20/h2-13H,14-15H2,1H3,(H,27,28)/b26-13-. The zero-order valence-electron chi connectivity index (χ0n) is 16.7. The number of carbonyl (C=O) groups excluding carboxylic acids is 1. The van der Waals surface area contributed by atoms with E-state index in [4.69, 9.17) is 25.8 Å². The minimum atomic E-state index is -0.382. The highest BCUT2D eigenvalue weighted by Crippen LogP contribution is 2.28. The summed E-state index contributed by atoms with van der Waals surface area (Å²) in [5.74, 6) is 1.35. The van der Waals surface area contributed by atoms with Crippen molar-refractivity contribution in [2.24, 2.45) is 5.10 Å². The molecule has 1 N–H and O–H groups in total. The normalized spacial score (nSPS) is 10.7. The van der Waals surface area contributed by atoms with Gasteiger partial charge in [-0.05, 0) is 65.7 Å². The summed E-state index contributed by atoms with van der Waals surface area (Å²) in [6.07, 6.45) is 1.52. The summed E-state index contributed by atoms with van der Waals surface area (Å²) in [4.78, 5) is 11.9. The number of halogens is 2. The maximum absolute atomic E-state index is 11.9. The maximum Gasteiger partial charge on any atom is 0.277 e. The quantitative estimate of drug-likeness (QED) is 0.321. The summed E-state index contributed by atoms with van der Waals surface area (Å²) in [6.45, 7) is 0.256. The van der Waals surface area contributed by atoms with Crippen molar-refractivity contribution in [3.63, 3.8) is 0 Å². The van der Waals surface area contributed by atoms with Gasteiger partial charge in [0.25, 0.3) is 5.91 Å². The molecule has 1 amide bonds. The number of nitrogens with one attached hydrogen (secondary N) is 1. The summed E-state index contributed by atoms with van der Waals surface area (Å²) in [7, 11) is 1.57. The molecule has 3 aromatic carbocycles. The third-order valence-corrected chi connectivity index (χ3v) is 4.86. The molecule has 0 fully saturated rings. The van der Waals surface area contributed by atoms with Gasteiger partial charge in [0.15, 0.2) is 18.1 Å². The third-order valence-electron chi connectivity index (χ3n) is 4.08.